The maximum absolute atomic E-state index is 12.8. The van der Waals surface area contributed by atoms with E-state index in [1.165, 1.54) is 51.4 Å². The molecule has 1 saturated heterocycles. The van der Waals surface area contributed by atoms with Crippen LogP contribution in [0.1, 0.15) is 88.2 Å². The summed E-state index contributed by atoms with van der Waals surface area (Å²) in [5.41, 5.74) is 0. The van der Waals surface area contributed by atoms with Crippen molar-refractivity contribution in [1.29, 1.82) is 0 Å². The van der Waals surface area contributed by atoms with Crippen molar-refractivity contribution in [3.05, 3.63) is 11.6 Å². The molecule has 0 spiro atoms. The van der Waals surface area contributed by atoms with E-state index in [-0.39, 0.29) is 0 Å². The quantitative estimate of drug-likeness (QED) is 0.840. The zero-order valence-electron chi connectivity index (χ0n) is 15.5. The number of likely N-dealkylation sites (tertiary alicyclic amines) is 1. The molecule has 0 N–H and O–H groups in total. The summed E-state index contributed by atoms with van der Waals surface area (Å²) >= 11 is 0. The molecule has 1 saturated carbocycles. The highest BCUT2D eigenvalue weighted by atomic mass is 16.2. The highest BCUT2D eigenvalue weighted by Gasteiger charge is 2.30. The fraction of sp³-hybridized carbons (Fsp3) is 0.850. The Balaban J connectivity index is 1.41. The number of fused-ring (bicyclic) bond motifs is 1. The fourth-order valence-electron chi connectivity index (χ4n) is 4.99. The minimum Gasteiger partial charge on any atom is -0.342 e. The lowest BCUT2D eigenvalue weighted by Crippen LogP contribution is -2.40. The Bertz CT molecular complexity index is 591. The van der Waals surface area contributed by atoms with Gasteiger partial charge in [-0.1, -0.05) is 25.7 Å². The van der Waals surface area contributed by atoms with Crippen LogP contribution in [0.3, 0.4) is 0 Å². The van der Waals surface area contributed by atoms with Crippen LogP contribution in [0.4, 0.5) is 0 Å². The predicted octanol–water partition coefficient (Wildman–Crippen LogP) is 3.68. The topological polar surface area (TPSA) is 51.0 Å². The number of hydrogen-bond acceptors (Lipinski definition) is 3. The van der Waals surface area contributed by atoms with Crippen LogP contribution in [-0.4, -0.2) is 38.7 Å². The molecule has 3 aliphatic rings. The average molecular weight is 345 g/mol. The zero-order valence-corrected chi connectivity index (χ0v) is 15.5. The van der Waals surface area contributed by atoms with E-state index in [9.17, 15) is 4.79 Å². The Labute approximate surface area is 151 Å². The Kier molecular flexibility index (Phi) is 5.37. The molecule has 3 heterocycles. The Morgan fingerprint density at radius 3 is 2.64 bits per heavy atom. The number of hydrogen-bond donors (Lipinski definition) is 0. The molecule has 4 rings (SSSR count). The van der Waals surface area contributed by atoms with Crippen molar-refractivity contribution >= 4 is 5.91 Å². The molecule has 138 valence electrons. The number of carbonyl (C=O) groups excluding carboxylic acids is 1. The van der Waals surface area contributed by atoms with E-state index in [0.29, 0.717) is 17.7 Å². The number of carbonyl (C=O) groups is 1. The van der Waals surface area contributed by atoms with Crippen LogP contribution in [0, 0.1) is 5.92 Å². The van der Waals surface area contributed by atoms with Gasteiger partial charge in [0.15, 0.2) is 0 Å². The Morgan fingerprint density at radius 1 is 0.920 bits per heavy atom. The highest BCUT2D eigenvalue weighted by Crippen LogP contribution is 2.30. The number of rotatable bonds is 3. The Morgan fingerprint density at radius 2 is 1.76 bits per heavy atom. The number of piperidine rings is 1. The first-order valence-electron chi connectivity index (χ1n) is 10.5. The zero-order chi connectivity index (χ0) is 17.1. The van der Waals surface area contributed by atoms with Crippen molar-refractivity contribution in [2.45, 2.75) is 89.5 Å². The molecule has 1 aromatic heterocycles. The molecular weight excluding hydrogens is 312 g/mol. The third-order valence-electron chi connectivity index (χ3n) is 6.47. The van der Waals surface area contributed by atoms with Crippen LogP contribution in [0.25, 0.3) is 0 Å². The van der Waals surface area contributed by atoms with Gasteiger partial charge in [-0.2, -0.15) is 0 Å². The molecule has 2 fully saturated rings. The fourth-order valence-corrected chi connectivity index (χ4v) is 4.99. The number of aryl methyl sites for hydroxylation is 1. The van der Waals surface area contributed by atoms with E-state index in [0.717, 1.165) is 57.0 Å². The molecule has 0 aromatic carbocycles. The van der Waals surface area contributed by atoms with Crippen LogP contribution in [0.5, 0.6) is 0 Å². The first-order valence-corrected chi connectivity index (χ1v) is 10.5. The van der Waals surface area contributed by atoms with Gasteiger partial charge >= 0.3 is 0 Å². The van der Waals surface area contributed by atoms with E-state index >= 15 is 0 Å². The molecule has 1 atom stereocenters. The highest BCUT2D eigenvalue weighted by molar-refractivity contribution is 5.76. The monoisotopic (exact) mass is 344 g/mol. The summed E-state index contributed by atoms with van der Waals surface area (Å²) in [6.45, 7) is 2.84. The van der Waals surface area contributed by atoms with Crippen molar-refractivity contribution in [2.75, 3.05) is 13.1 Å². The van der Waals surface area contributed by atoms with Crippen LogP contribution in [-0.2, 0) is 17.8 Å². The van der Waals surface area contributed by atoms with Gasteiger partial charge in [-0.05, 0) is 44.4 Å². The molecule has 1 unspecified atom stereocenters. The first-order chi connectivity index (χ1) is 12.3. The van der Waals surface area contributed by atoms with Gasteiger partial charge < -0.3 is 9.47 Å². The van der Waals surface area contributed by atoms with Crippen LogP contribution in [0.15, 0.2) is 0 Å². The number of amides is 1. The van der Waals surface area contributed by atoms with Crippen molar-refractivity contribution in [1.82, 2.24) is 19.7 Å². The maximum atomic E-state index is 12.8. The molecule has 2 aliphatic heterocycles. The molecular formula is C20H32N4O. The lowest BCUT2D eigenvalue weighted by atomic mass is 9.86. The van der Waals surface area contributed by atoms with Gasteiger partial charge in [0.05, 0.1) is 0 Å². The molecule has 1 aliphatic carbocycles. The van der Waals surface area contributed by atoms with Gasteiger partial charge in [0.2, 0.25) is 5.91 Å². The number of nitrogens with zero attached hydrogens (tertiary/aromatic N) is 4. The van der Waals surface area contributed by atoms with Crippen LogP contribution >= 0.6 is 0 Å². The lowest BCUT2D eigenvalue weighted by molar-refractivity contribution is -0.133. The summed E-state index contributed by atoms with van der Waals surface area (Å²) in [6.07, 6.45) is 14.3. The molecule has 25 heavy (non-hydrogen) atoms. The average Bonchev–Trinajstić information content (AvgIpc) is 2.91. The van der Waals surface area contributed by atoms with Gasteiger partial charge in [0.25, 0.3) is 0 Å². The van der Waals surface area contributed by atoms with Gasteiger partial charge in [0.1, 0.15) is 11.6 Å². The summed E-state index contributed by atoms with van der Waals surface area (Å²) < 4.78 is 2.37. The first kappa shape index (κ1) is 17.0. The van der Waals surface area contributed by atoms with E-state index in [4.69, 9.17) is 0 Å². The van der Waals surface area contributed by atoms with Crippen LogP contribution < -0.4 is 0 Å². The van der Waals surface area contributed by atoms with Crippen molar-refractivity contribution in [3.8, 4) is 0 Å². The second-order valence-corrected chi connectivity index (χ2v) is 8.32. The van der Waals surface area contributed by atoms with E-state index in [1.807, 2.05) is 0 Å². The normalized spacial score (nSPS) is 25.4. The van der Waals surface area contributed by atoms with Gasteiger partial charge in [0, 0.05) is 38.4 Å². The third kappa shape index (κ3) is 3.90. The summed E-state index contributed by atoms with van der Waals surface area (Å²) in [4.78, 5) is 14.9. The second-order valence-electron chi connectivity index (χ2n) is 8.32. The molecule has 5 nitrogen and oxygen atoms in total. The SMILES string of the molecule is O=C(CC1CCCCC1)N1CCCC(c2nnc3n2CCCCC3)C1. The Hall–Kier alpha value is -1.39. The van der Waals surface area contributed by atoms with Crippen LogP contribution in [0.2, 0.25) is 0 Å². The van der Waals surface area contributed by atoms with Gasteiger partial charge in [-0.15, -0.1) is 10.2 Å². The lowest BCUT2D eigenvalue weighted by Gasteiger charge is -2.34. The van der Waals surface area contributed by atoms with E-state index in [1.54, 1.807) is 0 Å². The summed E-state index contributed by atoms with van der Waals surface area (Å²) in [6, 6.07) is 0. The summed E-state index contributed by atoms with van der Waals surface area (Å²) in [5, 5.41) is 9.01. The second kappa shape index (κ2) is 7.88. The molecule has 0 radical (unpaired) electrons. The maximum Gasteiger partial charge on any atom is 0.222 e. The minimum absolute atomic E-state index is 0.378. The standard InChI is InChI=1S/C20H32N4O/c25-19(14-16-8-3-1-4-9-16)23-12-7-10-17(15-23)20-22-21-18-11-5-2-6-13-24(18)20/h16-17H,1-15H2. The third-order valence-corrected chi connectivity index (χ3v) is 6.47. The molecule has 1 amide bonds. The molecule has 5 heteroatoms. The van der Waals surface area contributed by atoms with Crippen molar-refractivity contribution < 1.29 is 4.79 Å². The largest absolute Gasteiger partial charge is 0.342 e. The number of aromatic nitrogens is 3. The van der Waals surface area contributed by atoms with Crippen molar-refractivity contribution in [2.24, 2.45) is 5.92 Å². The van der Waals surface area contributed by atoms with Gasteiger partial charge in [-0.3, -0.25) is 4.79 Å². The molecule has 1 aromatic rings. The van der Waals surface area contributed by atoms with Gasteiger partial charge in [-0.25, -0.2) is 0 Å². The molecule has 0 bridgehead atoms. The minimum atomic E-state index is 0.378. The van der Waals surface area contributed by atoms with E-state index in [2.05, 4.69) is 19.7 Å². The predicted molar refractivity (Wildman–Crippen MR) is 97.3 cm³/mol. The van der Waals surface area contributed by atoms with E-state index < -0.39 is 0 Å². The summed E-state index contributed by atoms with van der Waals surface area (Å²) in [5.74, 6) is 3.70. The summed E-state index contributed by atoms with van der Waals surface area (Å²) in [7, 11) is 0. The van der Waals surface area contributed by atoms with Crippen molar-refractivity contribution in [3.63, 3.8) is 0 Å². The smallest absolute Gasteiger partial charge is 0.222 e.